The average Bonchev–Trinajstić information content (AvgIpc) is 3.32. The zero-order valence-corrected chi connectivity index (χ0v) is 20.8. The van der Waals surface area contributed by atoms with Crippen LogP contribution in [0.5, 0.6) is 0 Å². The fourth-order valence-electron chi connectivity index (χ4n) is 4.45. The summed E-state index contributed by atoms with van der Waals surface area (Å²) in [4.78, 5) is 19.0. The minimum atomic E-state index is -3.51. The first kappa shape index (κ1) is 24.5. The minimum absolute atomic E-state index is 0.0808. The molecule has 0 aliphatic carbocycles. The molecule has 0 saturated carbocycles. The molecule has 34 heavy (non-hydrogen) atoms. The number of anilines is 2. The molecule has 0 bridgehead atoms. The number of carbonyl (C=O) groups is 1. The van der Waals surface area contributed by atoms with Gasteiger partial charge in [-0.25, -0.2) is 21.2 Å². The molecule has 184 valence electrons. The lowest BCUT2D eigenvalue weighted by atomic mass is 10.1. The summed E-state index contributed by atoms with van der Waals surface area (Å²) in [5.74, 6) is -0.875. The Bertz CT molecular complexity index is 1310. The number of carbonyl (C=O) groups excluding carboxylic acids is 1. The van der Waals surface area contributed by atoms with Gasteiger partial charge in [-0.3, -0.25) is 4.79 Å². The van der Waals surface area contributed by atoms with Gasteiger partial charge in [-0.2, -0.15) is 0 Å². The standard InChI is InChI=1S/C23H28FN3O5S2/c1-33(29,30)17-5-7-21(25-9-3-4-10-25)19(15-17)23(28)27-13-11-26(12-14-27)22-8-6-18(16-20(22)24)34(2,31)32/h5-8,15-16H,3-4,9-14H2,1-2H3. The molecular weight excluding hydrogens is 481 g/mol. The Labute approximate surface area is 199 Å². The molecule has 0 atom stereocenters. The third-order valence-corrected chi connectivity index (χ3v) is 8.55. The first-order chi connectivity index (χ1) is 15.9. The molecule has 0 aromatic heterocycles. The average molecular weight is 510 g/mol. The topological polar surface area (TPSA) is 95.1 Å². The van der Waals surface area contributed by atoms with Crippen LogP contribution in [-0.2, 0) is 19.7 Å². The van der Waals surface area contributed by atoms with Crippen molar-refractivity contribution in [2.24, 2.45) is 0 Å². The number of hydrogen-bond acceptors (Lipinski definition) is 7. The lowest BCUT2D eigenvalue weighted by Crippen LogP contribution is -2.49. The lowest BCUT2D eigenvalue weighted by Gasteiger charge is -2.37. The van der Waals surface area contributed by atoms with E-state index in [9.17, 15) is 26.0 Å². The van der Waals surface area contributed by atoms with Crippen molar-refractivity contribution in [1.29, 1.82) is 0 Å². The van der Waals surface area contributed by atoms with E-state index in [0.717, 1.165) is 50.2 Å². The molecule has 2 aromatic carbocycles. The normalized spacial score (nSPS) is 17.3. The van der Waals surface area contributed by atoms with Gasteiger partial charge in [0.25, 0.3) is 5.91 Å². The number of sulfone groups is 2. The predicted molar refractivity (Wildman–Crippen MR) is 129 cm³/mol. The summed E-state index contributed by atoms with van der Waals surface area (Å²) >= 11 is 0. The first-order valence-electron chi connectivity index (χ1n) is 11.1. The van der Waals surface area contributed by atoms with Crippen molar-refractivity contribution >= 4 is 37.0 Å². The van der Waals surface area contributed by atoms with Gasteiger partial charge in [0, 0.05) is 57.5 Å². The fourth-order valence-corrected chi connectivity index (χ4v) is 5.73. The highest BCUT2D eigenvalue weighted by atomic mass is 32.2. The van der Waals surface area contributed by atoms with Crippen LogP contribution in [0.25, 0.3) is 0 Å². The molecule has 1 amide bonds. The molecule has 2 aliphatic heterocycles. The maximum Gasteiger partial charge on any atom is 0.256 e. The van der Waals surface area contributed by atoms with Crippen molar-refractivity contribution in [2.45, 2.75) is 22.6 Å². The number of benzene rings is 2. The maximum absolute atomic E-state index is 14.6. The second kappa shape index (κ2) is 9.18. The van der Waals surface area contributed by atoms with E-state index in [1.165, 1.54) is 18.2 Å². The largest absolute Gasteiger partial charge is 0.371 e. The maximum atomic E-state index is 14.6. The van der Waals surface area contributed by atoms with E-state index < -0.39 is 25.5 Å². The highest BCUT2D eigenvalue weighted by Gasteiger charge is 2.28. The molecule has 0 radical (unpaired) electrons. The lowest BCUT2D eigenvalue weighted by molar-refractivity contribution is 0.0747. The van der Waals surface area contributed by atoms with Crippen LogP contribution in [0.2, 0.25) is 0 Å². The van der Waals surface area contributed by atoms with Crippen molar-refractivity contribution < 1.29 is 26.0 Å². The Hall–Kier alpha value is -2.66. The van der Waals surface area contributed by atoms with Gasteiger partial charge in [0.15, 0.2) is 19.7 Å². The van der Waals surface area contributed by atoms with Crippen molar-refractivity contribution in [2.75, 3.05) is 61.6 Å². The molecule has 2 saturated heterocycles. The molecule has 2 aromatic rings. The second-order valence-electron chi connectivity index (χ2n) is 8.81. The summed E-state index contributed by atoms with van der Waals surface area (Å²) in [5, 5.41) is 0. The quantitative estimate of drug-likeness (QED) is 0.610. The third-order valence-electron chi connectivity index (χ3n) is 6.33. The van der Waals surface area contributed by atoms with Crippen LogP contribution < -0.4 is 9.80 Å². The molecule has 0 spiro atoms. The Morgan fingerprint density at radius 1 is 0.735 bits per heavy atom. The summed E-state index contributed by atoms with van der Waals surface area (Å²) in [6.07, 6.45) is 4.18. The van der Waals surface area contributed by atoms with Crippen LogP contribution in [-0.4, -0.2) is 79.4 Å². The zero-order chi connectivity index (χ0) is 24.7. The smallest absolute Gasteiger partial charge is 0.256 e. The summed E-state index contributed by atoms with van der Waals surface area (Å²) < 4.78 is 62.2. The summed E-state index contributed by atoms with van der Waals surface area (Å²) in [7, 11) is -6.98. The molecule has 2 heterocycles. The Morgan fingerprint density at radius 3 is 1.76 bits per heavy atom. The highest BCUT2D eigenvalue weighted by molar-refractivity contribution is 7.91. The fraction of sp³-hybridized carbons (Fsp3) is 0.435. The van der Waals surface area contributed by atoms with Gasteiger partial charge in [0.1, 0.15) is 5.82 Å². The van der Waals surface area contributed by atoms with Gasteiger partial charge < -0.3 is 14.7 Å². The van der Waals surface area contributed by atoms with Gasteiger partial charge in [-0.1, -0.05) is 0 Å². The second-order valence-corrected chi connectivity index (χ2v) is 12.8. The zero-order valence-electron chi connectivity index (χ0n) is 19.2. The van der Waals surface area contributed by atoms with Crippen molar-refractivity contribution in [1.82, 2.24) is 4.90 Å². The van der Waals surface area contributed by atoms with Crippen LogP contribution >= 0.6 is 0 Å². The van der Waals surface area contributed by atoms with Gasteiger partial charge in [0.05, 0.1) is 21.0 Å². The van der Waals surface area contributed by atoms with Gasteiger partial charge >= 0.3 is 0 Å². The predicted octanol–water partition coefficient (Wildman–Crippen LogP) is 2.20. The van der Waals surface area contributed by atoms with Crippen LogP contribution in [0.4, 0.5) is 15.8 Å². The van der Waals surface area contributed by atoms with Gasteiger partial charge in [-0.05, 0) is 49.2 Å². The van der Waals surface area contributed by atoms with E-state index in [1.807, 2.05) is 0 Å². The summed E-state index contributed by atoms with van der Waals surface area (Å²) in [5.41, 5.74) is 1.39. The number of halogens is 1. The summed E-state index contributed by atoms with van der Waals surface area (Å²) in [6, 6.07) is 8.56. The molecule has 0 N–H and O–H groups in total. The van der Waals surface area contributed by atoms with E-state index in [0.29, 0.717) is 31.7 Å². The van der Waals surface area contributed by atoms with Crippen LogP contribution in [0.3, 0.4) is 0 Å². The van der Waals surface area contributed by atoms with E-state index >= 15 is 0 Å². The molecule has 8 nitrogen and oxygen atoms in total. The van der Waals surface area contributed by atoms with Crippen molar-refractivity contribution in [3.63, 3.8) is 0 Å². The third kappa shape index (κ3) is 5.05. The molecule has 11 heteroatoms. The van der Waals surface area contributed by atoms with Crippen molar-refractivity contribution in [3.05, 3.63) is 47.8 Å². The molecular formula is C23H28FN3O5S2. The number of amides is 1. The highest BCUT2D eigenvalue weighted by Crippen LogP contribution is 2.30. The minimum Gasteiger partial charge on any atom is -0.371 e. The van der Waals surface area contributed by atoms with E-state index in [4.69, 9.17) is 0 Å². The number of piperazine rings is 1. The Kier molecular flexibility index (Phi) is 6.61. The number of nitrogens with zero attached hydrogens (tertiary/aromatic N) is 3. The monoisotopic (exact) mass is 509 g/mol. The Balaban J connectivity index is 1.54. The first-order valence-corrected chi connectivity index (χ1v) is 14.9. The van der Waals surface area contributed by atoms with Gasteiger partial charge in [-0.15, -0.1) is 0 Å². The van der Waals surface area contributed by atoms with E-state index in [2.05, 4.69) is 4.90 Å². The number of hydrogen-bond donors (Lipinski definition) is 0. The Morgan fingerprint density at radius 2 is 1.24 bits per heavy atom. The summed E-state index contributed by atoms with van der Waals surface area (Å²) in [6.45, 7) is 3.02. The van der Waals surface area contributed by atoms with Crippen LogP contribution in [0.15, 0.2) is 46.2 Å². The van der Waals surface area contributed by atoms with Crippen LogP contribution in [0.1, 0.15) is 23.2 Å². The SMILES string of the molecule is CS(=O)(=O)c1ccc(N2CCN(C(=O)c3cc(S(C)(=O)=O)ccc3N3CCCC3)CC2)c(F)c1. The van der Waals surface area contributed by atoms with E-state index in [-0.39, 0.29) is 21.4 Å². The van der Waals surface area contributed by atoms with Crippen LogP contribution in [0, 0.1) is 5.82 Å². The molecule has 2 fully saturated rings. The van der Waals surface area contributed by atoms with Crippen molar-refractivity contribution in [3.8, 4) is 0 Å². The van der Waals surface area contributed by atoms with Gasteiger partial charge in [0.2, 0.25) is 0 Å². The van der Waals surface area contributed by atoms with E-state index in [1.54, 1.807) is 21.9 Å². The molecule has 2 aliphatic rings. The molecule has 4 rings (SSSR count). The number of rotatable bonds is 5. The molecule has 0 unspecified atom stereocenters.